The lowest BCUT2D eigenvalue weighted by Crippen LogP contribution is -2.54. The Hall–Kier alpha value is -0.830. The molecular formula is C32H53NO2. The minimum Gasteiger partial charge on any atom is -0.459 e. The van der Waals surface area contributed by atoms with E-state index in [-0.39, 0.29) is 12.1 Å². The van der Waals surface area contributed by atoms with Crippen LogP contribution in [0.5, 0.6) is 0 Å². The Morgan fingerprint density at radius 2 is 1.14 bits per heavy atom. The Morgan fingerprint density at radius 1 is 0.657 bits per heavy atom. The van der Waals surface area contributed by atoms with Gasteiger partial charge in [-0.1, -0.05) is 39.2 Å². The number of hydrogen-bond donors (Lipinski definition) is 0. The summed E-state index contributed by atoms with van der Waals surface area (Å²) in [5.41, 5.74) is 0. The van der Waals surface area contributed by atoms with Gasteiger partial charge in [0.1, 0.15) is 6.10 Å². The molecule has 5 saturated carbocycles. The zero-order valence-corrected chi connectivity index (χ0v) is 22.7. The van der Waals surface area contributed by atoms with E-state index in [1.54, 1.807) is 0 Å². The van der Waals surface area contributed by atoms with Crippen LogP contribution in [0.4, 0.5) is 0 Å². The predicted octanol–water partition coefficient (Wildman–Crippen LogP) is 8.07. The van der Waals surface area contributed by atoms with E-state index in [0.717, 1.165) is 60.6 Å². The standard InChI is InChI=1S/C32H53NO2/c1-3-32(34)35-31-20-13-26(14-21-31)25-10-17-29(18-11-25)33(28-15-8-23(2)9-16-28)30-19-12-24-6-4-5-7-27(24)22-30/h3,23-31H,1,4-22H2,2H3. The van der Waals surface area contributed by atoms with Gasteiger partial charge in [0.05, 0.1) is 0 Å². The van der Waals surface area contributed by atoms with Crippen LogP contribution in [-0.4, -0.2) is 35.1 Å². The largest absolute Gasteiger partial charge is 0.459 e. The minimum absolute atomic E-state index is 0.132. The van der Waals surface area contributed by atoms with Crippen LogP contribution in [0, 0.1) is 29.6 Å². The molecule has 5 fully saturated rings. The van der Waals surface area contributed by atoms with E-state index in [1.165, 1.54) is 115 Å². The molecule has 0 amide bonds. The number of carbonyl (C=O) groups is 1. The Bertz CT molecular complexity index is 682. The molecule has 5 rings (SSSR count). The van der Waals surface area contributed by atoms with Crippen LogP contribution < -0.4 is 0 Å². The number of ether oxygens (including phenoxy) is 1. The maximum Gasteiger partial charge on any atom is 0.330 e. The number of esters is 1. The minimum atomic E-state index is -0.242. The van der Waals surface area contributed by atoms with E-state index >= 15 is 0 Å². The quantitative estimate of drug-likeness (QED) is 0.282. The molecule has 0 bridgehead atoms. The van der Waals surface area contributed by atoms with Gasteiger partial charge >= 0.3 is 5.97 Å². The molecule has 3 nitrogen and oxygen atoms in total. The summed E-state index contributed by atoms with van der Waals surface area (Å²) in [7, 11) is 0. The van der Waals surface area contributed by atoms with E-state index < -0.39 is 0 Å². The predicted molar refractivity (Wildman–Crippen MR) is 144 cm³/mol. The van der Waals surface area contributed by atoms with Crippen molar-refractivity contribution in [3.8, 4) is 0 Å². The van der Waals surface area contributed by atoms with Crippen LogP contribution >= 0.6 is 0 Å². The molecule has 0 aromatic rings. The third-order valence-corrected chi connectivity index (χ3v) is 11.3. The molecule has 5 aliphatic carbocycles. The fourth-order valence-corrected chi connectivity index (χ4v) is 9.32. The van der Waals surface area contributed by atoms with E-state index in [4.69, 9.17) is 4.74 Å². The highest BCUT2D eigenvalue weighted by atomic mass is 16.5. The summed E-state index contributed by atoms with van der Waals surface area (Å²) < 4.78 is 5.54. The molecule has 0 heterocycles. The Morgan fingerprint density at radius 3 is 1.74 bits per heavy atom. The Kier molecular flexibility index (Phi) is 8.95. The second-order valence-corrected chi connectivity index (χ2v) is 13.4. The van der Waals surface area contributed by atoms with Crippen molar-refractivity contribution in [1.82, 2.24) is 4.90 Å². The van der Waals surface area contributed by atoms with Crippen LogP contribution in [0.15, 0.2) is 12.7 Å². The summed E-state index contributed by atoms with van der Waals surface area (Å²) >= 11 is 0. The van der Waals surface area contributed by atoms with Gasteiger partial charge in [-0.05, 0) is 126 Å². The molecule has 0 saturated heterocycles. The van der Waals surface area contributed by atoms with E-state index in [2.05, 4.69) is 18.4 Å². The van der Waals surface area contributed by atoms with Gasteiger partial charge in [0.2, 0.25) is 0 Å². The van der Waals surface area contributed by atoms with Crippen LogP contribution in [-0.2, 0) is 9.53 Å². The average Bonchev–Trinajstić information content (AvgIpc) is 2.91. The summed E-state index contributed by atoms with van der Waals surface area (Å²) in [6.07, 6.45) is 28.2. The third-order valence-electron chi connectivity index (χ3n) is 11.3. The summed E-state index contributed by atoms with van der Waals surface area (Å²) in [6.45, 7) is 6.03. The molecule has 0 spiro atoms. The number of hydrogen-bond acceptors (Lipinski definition) is 3. The maximum atomic E-state index is 11.6. The number of carbonyl (C=O) groups excluding carboxylic acids is 1. The molecule has 3 atom stereocenters. The van der Waals surface area contributed by atoms with Crippen molar-refractivity contribution in [1.29, 1.82) is 0 Å². The molecule has 3 unspecified atom stereocenters. The highest BCUT2D eigenvalue weighted by molar-refractivity contribution is 5.81. The average molecular weight is 484 g/mol. The highest BCUT2D eigenvalue weighted by Gasteiger charge is 2.41. The van der Waals surface area contributed by atoms with Crippen LogP contribution in [0.3, 0.4) is 0 Å². The van der Waals surface area contributed by atoms with E-state index in [9.17, 15) is 4.79 Å². The van der Waals surface area contributed by atoms with Gasteiger partial charge in [-0.2, -0.15) is 0 Å². The SMILES string of the molecule is C=CC(=O)OC1CCC(C2CCC(N(C3CCC(C)CC3)C3CCC4CCCCC4C3)CC2)CC1. The van der Waals surface area contributed by atoms with Crippen molar-refractivity contribution >= 4 is 5.97 Å². The molecule has 198 valence electrons. The van der Waals surface area contributed by atoms with Gasteiger partial charge in [0.15, 0.2) is 0 Å². The summed E-state index contributed by atoms with van der Waals surface area (Å²) in [5, 5.41) is 0. The smallest absolute Gasteiger partial charge is 0.330 e. The number of fused-ring (bicyclic) bond motifs is 1. The normalized spacial score (nSPS) is 42.7. The lowest BCUT2D eigenvalue weighted by Gasteiger charge is -2.52. The van der Waals surface area contributed by atoms with Crippen molar-refractivity contribution in [3.05, 3.63) is 12.7 Å². The maximum absolute atomic E-state index is 11.6. The topological polar surface area (TPSA) is 29.5 Å². The first-order chi connectivity index (χ1) is 17.1. The van der Waals surface area contributed by atoms with Crippen molar-refractivity contribution < 1.29 is 9.53 Å². The van der Waals surface area contributed by atoms with Gasteiger partial charge in [-0.25, -0.2) is 4.79 Å². The number of rotatable bonds is 6. The van der Waals surface area contributed by atoms with Crippen molar-refractivity contribution in [2.24, 2.45) is 29.6 Å². The van der Waals surface area contributed by atoms with E-state index in [0.29, 0.717) is 0 Å². The van der Waals surface area contributed by atoms with E-state index in [1.807, 2.05) is 0 Å². The Labute approximate surface area is 215 Å². The zero-order valence-electron chi connectivity index (χ0n) is 22.7. The van der Waals surface area contributed by atoms with Gasteiger partial charge in [0, 0.05) is 24.2 Å². The zero-order chi connectivity index (χ0) is 24.2. The first-order valence-corrected chi connectivity index (χ1v) is 15.7. The summed E-state index contributed by atoms with van der Waals surface area (Å²) in [6, 6.07) is 2.59. The van der Waals surface area contributed by atoms with Crippen LogP contribution in [0.2, 0.25) is 0 Å². The summed E-state index contributed by atoms with van der Waals surface area (Å²) in [4.78, 5) is 14.8. The van der Waals surface area contributed by atoms with Crippen molar-refractivity contribution in [2.45, 2.75) is 153 Å². The van der Waals surface area contributed by atoms with Crippen molar-refractivity contribution in [3.63, 3.8) is 0 Å². The van der Waals surface area contributed by atoms with Gasteiger partial charge in [0.25, 0.3) is 0 Å². The Balaban J connectivity index is 1.17. The molecule has 0 radical (unpaired) electrons. The second-order valence-electron chi connectivity index (χ2n) is 13.4. The molecule has 0 aromatic heterocycles. The first-order valence-electron chi connectivity index (χ1n) is 15.7. The first kappa shape index (κ1) is 25.8. The van der Waals surface area contributed by atoms with Gasteiger partial charge in [-0.15, -0.1) is 0 Å². The lowest BCUT2D eigenvalue weighted by molar-refractivity contribution is -0.145. The summed E-state index contributed by atoms with van der Waals surface area (Å²) in [5.74, 6) is 4.56. The van der Waals surface area contributed by atoms with Gasteiger partial charge < -0.3 is 4.74 Å². The highest BCUT2D eigenvalue weighted by Crippen LogP contribution is 2.46. The molecule has 0 aliphatic heterocycles. The fraction of sp³-hybridized carbons (Fsp3) is 0.906. The number of nitrogens with zero attached hydrogens (tertiary/aromatic N) is 1. The van der Waals surface area contributed by atoms with Crippen LogP contribution in [0.1, 0.15) is 129 Å². The van der Waals surface area contributed by atoms with Crippen LogP contribution in [0.25, 0.3) is 0 Å². The molecular weight excluding hydrogens is 430 g/mol. The third kappa shape index (κ3) is 6.36. The second kappa shape index (κ2) is 12.1. The van der Waals surface area contributed by atoms with Crippen molar-refractivity contribution in [2.75, 3.05) is 0 Å². The monoisotopic (exact) mass is 483 g/mol. The fourth-order valence-electron chi connectivity index (χ4n) is 9.32. The van der Waals surface area contributed by atoms with Gasteiger partial charge in [-0.3, -0.25) is 4.90 Å². The molecule has 0 aromatic carbocycles. The molecule has 0 N–H and O–H groups in total. The lowest BCUT2D eigenvalue weighted by atomic mass is 9.67. The molecule has 35 heavy (non-hydrogen) atoms. The molecule has 3 heteroatoms. The molecule has 5 aliphatic rings.